The smallest absolute Gasteiger partial charge is 0.338 e. The van der Waals surface area contributed by atoms with Crippen molar-refractivity contribution >= 4 is 41.0 Å². The highest BCUT2D eigenvalue weighted by Gasteiger charge is 2.64. The topological polar surface area (TPSA) is 127 Å². The van der Waals surface area contributed by atoms with Gasteiger partial charge in [0.1, 0.15) is 6.04 Å². The van der Waals surface area contributed by atoms with Crippen molar-refractivity contribution in [3.63, 3.8) is 0 Å². The van der Waals surface area contributed by atoms with Crippen molar-refractivity contribution in [1.29, 1.82) is 0 Å². The minimum absolute atomic E-state index is 0.157. The zero-order valence-corrected chi connectivity index (χ0v) is 21.3. The van der Waals surface area contributed by atoms with Crippen LogP contribution in [0.1, 0.15) is 44.8 Å². The number of amides is 2. The molecular weight excluding hydrogens is 514 g/mol. The maximum atomic E-state index is 14.0. The molecule has 0 spiro atoms. The van der Waals surface area contributed by atoms with Crippen molar-refractivity contribution in [3.05, 3.63) is 111 Å². The highest BCUT2D eigenvalue weighted by Crippen LogP contribution is 2.53. The van der Waals surface area contributed by atoms with Gasteiger partial charge in [0, 0.05) is 23.9 Å². The van der Waals surface area contributed by atoms with Gasteiger partial charge in [-0.2, -0.15) is 0 Å². The van der Waals surface area contributed by atoms with E-state index in [-0.39, 0.29) is 23.4 Å². The summed E-state index contributed by atoms with van der Waals surface area (Å²) in [6.45, 7) is 1.91. The summed E-state index contributed by atoms with van der Waals surface area (Å²) in [5.41, 5.74) is 2.36. The number of nitrogens with zero attached hydrogens (tertiary/aromatic N) is 3. The predicted octanol–water partition coefficient (Wildman–Crippen LogP) is 4.17. The molecule has 3 aliphatic rings. The zero-order chi connectivity index (χ0) is 28.1. The number of carbonyl (C=O) groups excluding carboxylic acids is 4. The van der Waals surface area contributed by atoms with Crippen LogP contribution in [0.2, 0.25) is 0 Å². The summed E-state index contributed by atoms with van der Waals surface area (Å²) in [5.74, 6) is -3.69. The third-order valence-electron chi connectivity index (χ3n) is 7.73. The lowest BCUT2D eigenvalue weighted by Gasteiger charge is -2.35. The lowest BCUT2D eigenvalue weighted by Crippen LogP contribution is -2.44. The van der Waals surface area contributed by atoms with Gasteiger partial charge in [-0.15, -0.1) is 0 Å². The Kier molecular flexibility index (Phi) is 6.02. The van der Waals surface area contributed by atoms with Crippen LogP contribution in [0.15, 0.2) is 79.0 Å². The van der Waals surface area contributed by atoms with E-state index in [2.05, 4.69) is 0 Å². The van der Waals surface area contributed by atoms with Gasteiger partial charge in [-0.1, -0.05) is 24.3 Å². The first-order valence-corrected chi connectivity index (χ1v) is 12.8. The van der Waals surface area contributed by atoms with Crippen molar-refractivity contribution in [1.82, 2.24) is 4.90 Å². The molecule has 0 radical (unpaired) electrons. The summed E-state index contributed by atoms with van der Waals surface area (Å²) in [4.78, 5) is 67.4. The first kappa shape index (κ1) is 25.2. The highest BCUT2D eigenvalue weighted by molar-refractivity contribution is 6.24. The second-order valence-corrected chi connectivity index (χ2v) is 9.78. The summed E-state index contributed by atoms with van der Waals surface area (Å²) in [6.07, 6.45) is 3.60. The number of non-ortho nitro benzene ring substituents is 1. The number of anilines is 1. The van der Waals surface area contributed by atoms with Gasteiger partial charge in [0.2, 0.25) is 11.8 Å². The Morgan fingerprint density at radius 2 is 1.55 bits per heavy atom. The molecule has 200 valence electrons. The van der Waals surface area contributed by atoms with E-state index < -0.39 is 52.4 Å². The number of fused-ring (bicyclic) bond motifs is 5. The van der Waals surface area contributed by atoms with E-state index in [1.54, 1.807) is 18.0 Å². The number of nitro benzene ring substituents is 1. The van der Waals surface area contributed by atoms with Crippen LogP contribution in [0.25, 0.3) is 6.08 Å². The molecule has 2 fully saturated rings. The molecule has 10 nitrogen and oxygen atoms in total. The fourth-order valence-electron chi connectivity index (χ4n) is 5.99. The fraction of sp³-hybridized carbons (Fsp3) is 0.200. The van der Waals surface area contributed by atoms with E-state index in [0.29, 0.717) is 5.69 Å². The van der Waals surface area contributed by atoms with E-state index in [1.807, 2.05) is 30.3 Å². The van der Waals surface area contributed by atoms with E-state index in [9.17, 15) is 29.3 Å². The molecule has 0 unspecified atom stereocenters. The van der Waals surface area contributed by atoms with Crippen LogP contribution in [0.4, 0.5) is 11.4 Å². The van der Waals surface area contributed by atoms with Crippen LogP contribution >= 0.6 is 0 Å². The van der Waals surface area contributed by atoms with Crippen molar-refractivity contribution < 1.29 is 28.8 Å². The van der Waals surface area contributed by atoms with Crippen molar-refractivity contribution in [2.24, 2.45) is 11.8 Å². The van der Waals surface area contributed by atoms with E-state index >= 15 is 0 Å². The van der Waals surface area contributed by atoms with Crippen LogP contribution in [0.3, 0.4) is 0 Å². The number of carbonyl (C=O) groups is 4. The van der Waals surface area contributed by atoms with Crippen LogP contribution < -0.4 is 4.90 Å². The lowest BCUT2D eigenvalue weighted by atomic mass is 9.83. The molecule has 0 bridgehead atoms. The Bertz CT molecular complexity index is 1600. The number of hydrogen-bond donors (Lipinski definition) is 0. The normalized spacial score (nSPS) is 22.5. The molecule has 10 heteroatoms. The molecule has 2 amide bonds. The van der Waals surface area contributed by atoms with Gasteiger partial charge in [-0.25, -0.2) is 9.69 Å². The fourth-order valence-corrected chi connectivity index (χ4v) is 5.99. The number of imide groups is 1. The van der Waals surface area contributed by atoms with Crippen molar-refractivity contribution in [2.75, 3.05) is 11.5 Å². The summed E-state index contributed by atoms with van der Waals surface area (Å²) >= 11 is 0. The molecule has 0 aliphatic carbocycles. The number of nitro groups is 1. The molecule has 3 aromatic carbocycles. The average molecular weight is 538 g/mol. The van der Waals surface area contributed by atoms with Gasteiger partial charge in [0.25, 0.3) is 5.69 Å². The van der Waals surface area contributed by atoms with Gasteiger partial charge in [0.05, 0.1) is 40.7 Å². The quantitative estimate of drug-likeness (QED) is 0.151. The molecule has 3 heterocycles. The van der Waals surface area contributed by atoms with E-state index in [4.69, 9.17) is 4.74 Å². The van der Waals surface area contributed by atoms with Gasteiger partial charge in [-0.05, 0) is 60.5 Å². The number of benzene rings is 3. The number of Topliss-reactive ketones (excluding diaryl/α,β-unsaturated/α-hetero) is 1. The van der Waals surface area contributed by atoms with Gasteiger partial charge in [0.15, 0.2) is 5.78 Å². The number of esters is 1. The van der Waals surface area contributed by atoms with Crippen LogP contribution in [0, 0.1) is 22.0 Å². The molecule has 0 N–H and O–H groups in total. The molecule has 4 atom stereocenters. The zero-order valence-electron chi connectivity index (χ0n) is 21.3. The summed E-state index contributed by atoms with van der Waals surface area (Å²) < 4.78 is 5.02. The molecule has 40 heavy (non-hydrogen) atoms. The summed E-state index contributed by atoms with van der Waals surface area (Å²) in [5, 5.41) is 11.1. The Balaban J connectivity index is 1.41. The molecular formula is C30H23N3O7. The highest BCUT2D eigenvalue weighted by atomic mass is 16.6. The van der Waals surface area contributed by atoms with Crippen LogP contribution in [0.5, 0.6) is 0 Å². The minimum atomic E-state index is -0.999. The molecule has 3 aromatic rings. The first-order valence-electron chi connectivity index (χ1n) is 12.8. The lowest BCUT2D eigenvalue weighted by molar-refractivity contribution is -0.384. The second-order valence-electron chi connectivity index (χ2n) is 9.78. The van der Waals surface area contributed by atoms with E-state index in [1.165, 1.54) is 48.5 Å². The van der Waals surface area contributed by atoms with Gasteiger partial charge in [-0.3, -0.25) is 24.5 Å². The molecule has 2 saturated heterocycles. The molecule has 3 aliphatic heterocycles. The molecule has 6 rings (SSSR count). The summed E-state index contributed by atoms with van der Waals surface area (Å²) in [6, 6.07) is 17.2. The van der Waals surface area contributed by atoms with Crippen LogP contribution in [-0.2, 0) is 14.3 Å². The number of ketones is 1. The van der Waals surface area contributed by atoms with Crippen molar-refractivity contribution in [2.45, 2.75) is 19.0 Å². The standard InChI is InChI=1S/C30H23N3O7/c1-2-40-30(37)19-9-11-20(12-10-19)32-28(35)23-24(29(32)36)26(27(34)18-7-13-21(14-8-18)33(38)39)31-16-15-17-5-3-4-6-22(17)25(23)31/h3-16,23-26H,2H2,1H3/t23-,24+,25-,26+/m0/s1. The number of hydrogen-bond acceptors (Lipinski definition) is 8. The van der Waals surface area contributed by atoms with Gasteiger partial charge < -0.3 is 9.64 Å². The first-order chi connectivity index (χ1) is 19.3. The predicted molar refractivity (Wildman–Crippen MR) is 143 cm³/mol. The van der Waals surface area contributed by atoms with Crippen molar-refractivity contribution in [3.8, 4) is 0 Å². The number of ether oxygens (including phenoxy) is 1. The average Bonchev–Trinajstić information content (AvgIpc) is 3.45. The maximum Gasteiger partial charge on any atom is 0.338 e. The van der Waals surface area contributed by atoms with Gasteiger partial charge >= 0.3 is 5.97 Å². The molecule has 0 saturated carbocycles. The third kappa shape index (κ3) is 3.79. The second kappa shape index (κ2) is 9.57. The monoisotopic (exact) mass is 537 g/mol. The largest absolute Gasteiger partial charge is 0.462 e. The molecule has 0 aromatic heterocycles. The Morgan fingerprint density at radius 1 is 0.900 bits per heavy atom. The SMILES string of the molecule is CCOC(=O)c1ccc(N2C(=O)[C@@H]3[C@H](C2=O)[C@@H]2c4ccccc4C=CN2[C@H]3C(=O)c2ccc([N+](=O)[O-])cc2)cc1. The minimum Gasteiger partial charge on any atom is -0.462 e. The van der Waals surface area contributed by atoms with E-state index in [0.717, 1.165) is 16.0 Å². The van der Waals surface area contributed by atoms with Crippen LogP contribution in [-0.4, -0.2) is 46.0 Å². The summed E-state index contributed by atoms with van der Waals surface area (Å²) in [7, 11) is 0. The maximum absolute atomic E-state index is 14.0. The number of rotatable bonds is 6. The Labute approximate surface area is 228 Å². The Hall–Kier alpha value is -5.12. The Morgan fingerprint density at radius 3 is 2.23 bits per heavy atom. The third-order valence-corrected chi connectivity index (χ3v) is 7.73.